The number of thiazole rings is 1. The molecule has 9 heteroatoms. The zero-order chi connectivity index (χ0) is 14.9. The van der Waals surface area contributed by atoms with Gasteiger partial charge in [0, 0.05) is 19.1 Å². The zero-order valence-electron chi connectivity index (χ0n) is 11.4. The molecule has 1 aromatic rings. The van der Waals surface area contributed by atoms with Crippen molar-refractivity contribution in [2.75, 3.05) is 35.6 Å². The molecule has 1 fully saturated rings. The fourth-order valence-electron chi connectivity index (χ4n) is 2.14. The number of aromatic nitrogens is 1. The minimum Gasteiger partial charge on any atom is -0.382 e. The minimum absolute atomic E-state index is 0.00184. The standard InChI is InChI=1S/C11H18N4O3S2/c1-3-13-11-14-9(12)8(19-11)10(16)15-4-5-20(17,18)6-7(15)2/h7H,3-6,12H2,1-2H3,(H,13,14). The number of hydrogen-bond donors (Lipinski definition) is 2. The molecule has 0 aliphatic carbocycles. The number of sulfone groups is 1. The largest absolute Gasteiger partial charge is 0.382 e. The molecular formula is C11H18N4O3S2. The van der Waals surface area contributed by atoms with Gasteiger partial charge in [0.15, 0.2) is 15.0 Å². The number of carbonyl (C=O) groups excluding carboxylic acids is 1. The van der Waals surface area contributed by atoms with E-state index in [-0.39, 0.29) is 35.8 Å². The van der Waals surface area contributed by atoms with E-state index in [2.05, 4.69) is 10.3 Å². The molecule has 2 heterocycles. The maximum Gasteiger partial charge on any atom is 0.268 e. The predicted octanol–water partition coefficient (Wildman–Crippen LogP) is 0.416. The van der Waals surface area contributed by atoms with E-state index in [1.54, 1.807) is 11.8 Å². The summed E-state index contributed by atoms with van der Waals surface area (Å²) in [5.41, 5.74) is 5.77. The summed E-state index contributed by atoms with van der Waals surface area (Å²) < 4.78 is 23.1. The van der Waals surface area contributed by atoms with Crippen molar-refractivity contribution in [2.24, 2.45) is 0 Å². The molecule has 1 saturated heterocycles. The summed E-state index contributed by atoms with van der Waals surface area (Å²) in [7, 11) is -3.04. The molecule has 112 valence electrons. The maximum absolute atomic E-state index is 12.5. The van der Waals surface area contributed by atoms with Crippen LogP contribution in [0.5, 0.6) is 0 Å². The summed E-state index contributed by atoms with van der Waals surface area (Å²) in [6.45, 7) is 4.56. The first kappa shape index (κ1) is 15.0. The Morgan fingerprint density at radius 2 is 2.30 bits per heavy atom. The van der Waals surface area contributed by atoms with Crippen molar-refractivity contribution in [3.8, 4) is 0 Å². The van der Waals surface area contributed by atoms with E-state index in [4.69, 9.17) is 5.73 Å². The van der Waals surface area contributed by atoms with Gasteiger partial charge in [-0.1, -0.05) is 11.3 Å². The molecule has 1 aliphatic rings. The summed E-state index contributed by atoms with van der Waals surface area (Å²) in [6.07, 6.45) is 0. The Morgan fingerprint density at radius 3 is 2.90 bits per heavy atom. The van der Waals surface area contributed by atoms with Gasteiger partial charge in [0.1, 0.15) is 10.7 Å². The molecule has 1 aromatic heterocycles. The lowest BCUT2D eigenvalue weighted by molar-refractivity contribution is 0.0718. The molecule has 1 atom stereocenters. The van der Waals surface area contributed by atoms with Crippen LogP contribution >= 0.6 is 11.3 Å². The zero-order valence-corrected chi connectivity index (χ0v) is 13.1. The molecule has 0 bridgehead atoms. The Balaban J connectivity index is 2.19. The molecular weight excluding hydrogens is 300 g/mol. The molecule has 7 nitrogen and oxygen atoms in total. The molecule has 3 N–H and O–H groups in total. The molecule has 0 spiro atoms. The van der Waals surface area contributed by atoms with E-state index in [1.165, 1.54) is 11.3 Å². The van der Waals surface area contributed by atoms with E-state index in [0.29, 0.717) is 16.6 Å². The molecule has 20 heavy (non-hydrogen) atoms. The lowest BCUT2D eigenvalue weighted by Crippen LogP contribution is -2.49. The number of nitrogens with two attached hydrogens (primary N) is 1. The Morgan fingerprint density at radius 1 is 1.60 bits per heavy atom. The highest BCUT2D eigenvalue weighted by molar-refractivity contribution is 7.91. The number of rotatable bonds is 3. The van der Waals surface area contributed by atoms with E-state index >= 15 is 0 Å². The number of nitrogens with zero attached hydrogens (tertiary/aromatic N) is 2. The van der Waals surface area contributed by atoms with Crippen molar-refractivity contribution in [1.82, 2.24) is 9.88 Å². The summed E-state index contributed by atoms with van der Waals surface area (Å²) >= 11 is 1.20. The number of anilines is 2. The molecule has 0 aromatic carbocycles. The fourth-order valence-corrected chi connectivity index (χ4v) is 4.61. The van der Waals surface area contributed by atoms with Gasteiger partial charge in [-0.15, -0.1) is 0 Å². The smallest absolute Gasteiger partial charge is 0.268 e. The van der Waals surface area contributed by atoms with Crippen LogP contribution in [0.3, 0.4) is 0 Å². The van der Waals surface area contributed by atoms with Gasteiger partial charge in [0.25, 0.3) is 5.91 Å². The highest BCUT2D eigenvalue weighted by atomic mass is 32.2. The van der Waals surface area contributed by atoms with Crippen molar-refractivity contribution >= 4 is 38.0 Å². The Labute approximate surface area is 122 Å². The number of carbonyl (C=O) groups is 1. The van der Waals surface area contributed by atoms with Gasteiger partial charge in [-0.25, -0.2) is 13.4 Å². The molecule has 1 unspecified atom stereocenters. The minimum atomic E-state index is -3.04. The second-order valence-electron chi connectivity index (χ2n) is 4.73. The van der Waals surface area contributed by atoms with E-state index < -0.39 is 9.84 Å². The summed E-state index contributed by atoms with van der Waals surface area (Å²) in [4.78, 5) is 18.5. The highest BCUT2D eigenvalue weighted by Crippen LogP contribution is 2.27. The molecule has 0 saturated carbocycles. The van der Waals surface area contributed by atoms with Crippen LogP contribution in [-0.2, 0) is 9.84 Å². The van der Waals surface area contributed by atoms with Crippen LogP contribution in [0.15, 0.2) is 0 Å². The van der Waals surface area contributed by atoms with Crippen molar-refractivity contribution in [2.45, 2.75) is 19.9 Å². The summed E-state index contributed by atoms with van der Waals surface area (Å²) in [5.74, 6) is -0.0533. The summed E-state index contributed by atoms with van der Waals surface area (Å²) in [6, 6.07) is -0.342. The second-order valence-corrected chi connectivity index (χ2v) is 7.95. The predicted molar refractivity (Wildman–Crippen MR) is 79.8 cm³/mol. The van der Waals surface area contributed by atoms with Gasteiger partial charge >= 0.3 is 0 Å². The van der Waals surface area contributed by atoms with Gasteiger partial charge in [-0.2, -0.15) is 0 Å². The Hall–Kier alpha value is -1.35. The third-order valence-electron chi connectivity index (χ3n) is 3.11. The van der Waals surface area contributed by atoms with Crippen LogP contribution in [0.1, 0.15) is 23.5 Å². The molecule has 1 aliphatic heterocycles. The van der Waals surface area contributed by atoms with Crippen LogP contribution in [0.4, 0.5) is 10.9 Å². The summed E-state index contributed by atoms with van der Waals surface area (Å²) in [5, 5.41) is 3.61. The first-order valence-electron chi connectivity index (χ1n) is 6.35. The van der Waals surface area contributed by atoms with E-state index in [0.717, 1.165) is 0 Å². The first-order chi connectivity index (χ1) is 9.34. The van der Waals surface area contributed by atoms with Crippen LogP contribution < -0.4 is 11.1 Å². The molecule has 0 radical (unpaired) electrons. The quantitative estimate of drug-likeness (QED) is 0.836. The third kappa shape index (κ3) is 3.04. The Kier molecular flexibility index (Phi) is 4.19. The van der Waals surface area contributed by atoms with Crippen molar-refractivity contribution in [1.29, 1.82) is 0 Å². The number of amides is 1. The highest BCUT2D eigenvalue weighted by Gasteiger charge is 2.33. The monoisotopic (exact) mass is 318 g/mol. The number of nitrogen functional groups attached to an aromatic ring is 1. The fraction of sp³-hybridized carbons (Fsp3) is 0.636. The number of nitrogens with one attached hydrogen (secondary N) is 1. The number of hydrogen-bond acceptors (Lipinski definition) is 7. The van der Waals surface area contributed by atoms with Crippen molar-refractivity contribution in [3.63, 3.8) is 0 Å². The first-order valence-corrected chi connectivity index (χ1v) is 8.99. The molecule has 2 rings (SSSR count). The average Bonchev–Trinajstić information content (AvgIpc) is 2.69. The lowest BCUT2D eigenvalue weighted by Gasteiger charge is -2.32. The third-order valence-corrected chi connectivity index (χ3v) is 5.92. The average molecular weight is 318 g/mol. The Bertz CT molecular complexity index is 611. The van der Waals surface area contributed by atoms with Crippen LogP contribution in [-0.4, -0.2) is 54.8 Å². The van der Waals surface area contributed by atoms with Gasteiger partial charge in [-0.05, 0) is 13.8 Å². The molecule has 1 amide bonds. The second kappa shape index (κ2) is 5.57. The van der Waals surface area contributed by atoms with Gasteiger partial charge in [0.2, 0.25) is 0 Å². The van der Waals surface area contributed by atoms with Crippen molar-refractivity contribution < 1.29 is 13.2 Å². The van der Waals surface area contributed by atoms with Crippen LogP contribution in [0, 0.1) is 0 Å². The topological polar surface area (TPSA) is 105 Å². The lowest BCUT2D eigenvalue weighted by atomic mass is 10.3. The maximum atomic E-state index is 12.5. The SMILES string of the molecule is CCNc1nc(N)c(C(=O)N2CCS(=O)(=O)CC2C)s1. The van der Waals surface area contributed by atoms with Gasteiger partial charge < -0.3 is 16.0 Å². The van der Waals surface area contributed by atoms with Gasteiger partial charge in [-0.3, -0.25) is 4.79 Å². The van der Waals surface area contributed by atoms with E-state index in [9.17, 15) is 13.2 Å². The normalized spacial score (nSPS) is 21.7. The van der Waals surface area contributed by atoms with E-state index in [1.807, 2.05) is 6.92 Å². The van der Waals surface area contributed by atoms with Crippen molar-refractivity contribution in [3.05, 3.63) is 4.88 Å². The van der Waals surface area contributed by atoms with Gasteiger partial charge in [0.05, 0.1) is 11.5 Å². The van der Waals surface area contributed by atoms with Crippen LogP contribution in [0.2, 0.25) is 0 Å². The van der Waals surface area contributed by atoms with Crippen LogP contribution in [0.25, 0.3) is 0 Å².